The second kappa shape index (κ2) is 9.44. The quantitative estimate of drug-likeness (QED) is 0.291. The minimum absolute atomic E-state index is 0.190. The van der Waals surface area contributed by atoms with E-state index in [-0.39, 0.29) is 16.3 Å². The van der Waals surface area contributed by atoms with Crippen LogP contribution in [0.2, 0.25) is 5.02 Å². The summed E-state index contributed by atoms with van der Waals surface area (Å²) in [6.07, 6.45) is 1.42. The number of hydrogen-bond acceptors (Lipinski definition) is 4. The van der Waals surface area contributed by atoms with Crippen LogP contribution in [-0.2, 0) is 16.2 Å². The maximum Gasteiger partial charge on any atom is 0.335 e. The Balaban J connectivity index is 1.46. The lowest BCUT2D eigenvalue weighted by Gasteiger charge is -2.27. The molecular weight excluding hydrogens is 464 g/mol. The zero-order chi connectivity index (χ0) is 24.4. The summed E-state index contributed by atoms with van der Waals surface area (Å²) < 4.78 is 6.11. The molecule has 7 heteroatoms. The Bertz CT molecular complexity index is 1510. The third kappa shape index (κ3) is 4.39. The van der Waals surface area contributed by atoms with Crippen molar-refractivity contribution in [3.8, 4) is 5.75 Å². The predicted octanol–water partition coefficient (Wildman–Crippen LogP) is 5.74. The van der Waals surface area contributed by atoms with Gasteiger partial charge < -0.3 is 4.74 Å². The normalized spacial score (nSPS) is 14.9. The van der Waals surface area contributed by atoms with Gasteiger partial charge in [-0.05, 0) is 40.6 Å². The molecule has 0 saturated carbocycles. The van der Waals surface area contributed by atoms with Gasteiger partial charge in [0.15, 0.2) is 0 Å². The van der Waals surface area contributed by atoms with Gasteiger partial charge in [-0.1, -0.05) is 84.4 Å². The van der Waals surface area contributed by atoms with Crippen LogP contribution in [0.3, 0.4) is 0 Å². The molecule has 1 N–H and O–H groups in total. The topological polar surface area (TPSA) is 75.7 Å². The van der Waals surface area contributed by atoms with Gasteiger partial charge in [0.05, 0.1) is 10.7 Å². The summed E-state index contributed by atoms with van der Waals surface area (Å²) in [7, 11) is 0. The van der Waals surface area contributed by atoms with Gasteiger partial charge in [-0.15, -0.1) is 0 Å². The average Bonchev–Trinajstić information content (AvgIpc) is 2.87. The highest BCUT2D eigenvalue weighted by molar-refractivity contribution is 6.42. The zero-order valence-electron chi connectivity index (χ0n) is 18.4. The minimum atomic E-state index is -0.856. The van der Waals surface area contributed by atoms with E-state index in [0.29, 0.717) is 17.9 Å². The van der Waals surface area contributed by atoms with Gasteiger partial charge in [0.2, 0.25) is 0 Å². The van der Waals surface area contributed by atoms with Crippen LogP contribution in [0.5, 0.6) is 5.75 Å². The molecule has 4 amide bonds. The number of rotatable bonds is 5. The predicted molar refractivity (Wildman–Crippen MR) is 135 cm³/mol. The van der Waals surface area contributed by atoms with E-state index in [1.54, 1.807) is 36.4 Å². The van der Waals surface area contributed by atoms with E-state index in [9.17, 15) is 14.4 Å². The van der Waals surface area contributed by atoms with Gasteiger partial charge in [-0.2, -0.15) is 0 Å². The molecule has 1 aliphatic rings. The summed E-state index contributed by atoms with van der Waals surface area (Å²) in [6.45, 7) is 0.298. The van der Waals surface area contributed by atoms with E-state index in [1.807, 2.05) is 48.5 Å². The van der Waals surface area contributed by atoms with Crippen molar-refractivity contribution >= 4 is 52.0 Å². The molecule has 172 valence electrons. The van der Waals surface area contributed by atoms with Gasteiger partial charge in [-0.3, -0.25) is 14.9 Å². The Hall–Kier alpha value is -4.42. The first-order chi connectivity index (χ1) is 17.0. The molecule has 35 heavy (non-hydrogen) atoms. The first-order valence-corrected chi connectivity index (χ1v) is 11.2. The van der Waals surface area contributed by atoms with E-state index in [1.165, 1.54) is 12.1 Å². The average molecular weight is 483 g/mol. The van der Waals surface area contributed by atoms with Crippen LogP contribution < -0.4 is 15.0 Å². The van der Waals surface area contributed by atoms with Crippen LogP contribution in [0.4, 0.5) is 10.5 Å². The fourth-order valence-electron chi connectivity index (χ4n) is 3.97. The zero-order valence-corrected chi connectivity index (χ0v) is 19.2. The monoisotopic (exact) mass is 482 g/mol. The lowest BCUT2D eigenvalue weighted by Crippen LogP contribution is -2.54. The number of nitrogens with zero attached hydrogens (tertiary/aromatic N) is 1. The van der Waals surface area contributed by atoms with Gasteiger partial charge in [-0.25, -0.2) is 9.69 Å². The van der Waals surface area contributed by atoms with Crippen LogP contribution >= 0.6 is 11.6 Å². The van der Waals surface area contributed by atoms with Crippen LogP contribution in [-0.4, -0.2) is 17.8 Å². The maximum absolute atomic E-state index is 13.2. The molecule has 6 nitrogen and oxygen atoms in total. The summed E-state index contributed by atoms with van der Waals surface area (Å²) in [5.74, 6) is -1.06. The smallest absolute Gasteiger partial charge is 0.335 e. The summed E-state index contributed by atoms with van der Waals surface area (Å²) >= 11 is 6.20. The number of carbonyl (C=O) groups excluding carboxylic acids is 3. The molecule has 0 radical (unpaired) electrons. The number of anilines is 1. The van der Waals surface area contributed by atoms with Crippen LogP contribution in [0.15, 0.2) is 96.6 Å². The van der Waals surface area contributed by atoms with Gasteiger partial charge in [0, 0.05) is 5.56 Å². The van der Waals surface area contributed by atoms with Crippen LogP contribution in [0.1, 0.15) is 11.1 Å². The number of fused-ring (bicyclic) bond motifs is 1. The molecule has 1 heterocycles. The highest BCUT2D eigenvalue weighted by atomic mass is 35.5. The molecule has 0 spiro atoms. The lowest BCUT2D eigenvalue weighted by atomic mass is 10.0. The number of nitrogens with one attached hydrogen (secondary N) is 1. The third-order valence-electron chi connectivity index (χ3n) is 5.68. The van der Waals surface area contributed by atoms with Gasteiger partial charge >= 0.3 is 6.03 Å². The number of carbonyl (C=O) groups is 3. The number of ether oxygens (including phenoxy) is 1. The molecule has 1 aliphatic heterocycles. The third-order valence-corrected chi connectivity index (χ3v) is 6.00. The number of benzene rings is 4. The number of amides is 4. The number of para-hydroxylation sites is 2. The Kier molecular flexibility index (Phi) is 6.04. The molecular formula is C28H19ClN2O4. The maximum atomic E-state index is 13.2. The highest BCUT2D eigenvalue weighted by Crippen LogP contribution is 2.30. The molecule has 0 aliphatic carbocycles. The molecule has 0 atom stereocenters. The number of halogens is 1. The largest absolute Gasteiger partial charge is 0.488 e. The Morgan fingerprint density at radius 1 is 0.829 bits per heavy atom. The fourth-order valence-corrected chi connectivity index (χ4v) is 4.19. The fraction of sp³-hybridized carbons (Fsp3) is 0.0357. The number of hydrogen-bond donors (Lipinski definition) is 1. The molecule has 4 aromatic carbocycles. The summed E-state index contributed by atoms with van der Waals surface area (Å²) in [4.78, 5) is 39.1. The van der Waals surface area contributed by atoms with Crippen molar-refractivity contribution in [1.29, 1.82) is 0 Å². The summed E-state index contributed by atoms with van der Waals surface area (Å²) in [6, 6.07) is 26.7. The molecule has 0 unspecified atom stereocenters. The molecule has 0 bridgehead atoms. The summed E-state index contributed by atoms with van der Waals surface area (Å²) in [5, 5.41) is 4.62. The van der Waals surface area contributed by atoms with Gasteiger partial charge in [0.25, 0.3) is 11.8 Å². The first-order valence-electron chi connectivity index (χ1n) is 10.9. The molecule has 4 aromatic rings. The minimum Gasteiger partial charge on any atom is -0.488 e. The van der Waals surface area contributed by atoms with Crippen molar-refractivity contribution in [3.63, 3.8) is 0 Å². The number of imide groups is 2. The molecule has 5 rings (SSSR count). The van der Waals surface area contributed by atoms with E-state index in [4.69, 9.17) is 16.3 Å². The second-order valence-electron chi connectivity index (χ2n) is 7.87. The lowest BCUT2D eigenvalue weighted by molar-refractivity contribution is -0.122. The van der Waals surface area contributed by atoms with Crippen molar-refractivity contribution in [1.82, 2.24) is 5.32 Å². The molecule has 1 fully saturated rings. The van der Waals surface area contributed by atoms with E-state index >= 15 is 0 Å². The van der Waals surface area contributed by atoms with Crippen molar-refractivity contribution < 1.29 is 19.1 Å². The highest BCUT2D eigenvalue weighted by Gasteiger charge is 2.37. The summed E-state index contributed by atoms with van der Waals surface area (Å²) in [5.41, 5.74) is 1.52. The first kappa shape index (κ1) is 22.4. The molecule has 0 aromatic heterocycles. The molecule has 1 saturated heterocycles. The van der Waals surface area contributed by atoms with E-state index < -0.39 is 17.8 Å². The standard InChI is InChI=1S/C28H19ClN2O4/c29-23-13-4-5-14-24(23)31-27(33)22(26(32)30-28(31)34)16-19-9-2-6-15-25(19)35-17-20-11-7-10-18-8-1-3-12-21(18)20/h1-16H,17H2,(H,30,32,34)/b22-16+. The van der Waals surface area contributed by atoms with Crippen molar-refractivity contribution in [2.75, 3.05) is 4.90 Å². The van der Waals surface area contributed by atoms with E-state index in [0.717, 1.165) is 21.2 Å². The number of urea groups is 1. The van der Waals surface area contributed by atoms with Crippen molar-refractivity contribution in [3.05, 3.63) is 113 Å². The Labute approximate surface area is 206 Å². The van der Waals surface area contributed by atoms with Crippen LogP contribution in [0, 0.1) is 0 Å². The van der Waals surface area contributed by atoms with Crippen molar-refractivity contribution in [2.24, 2.45) is 0 Å². The number of barbiturate groups is 1. The Morgan fingerprint density at radius 3 is 2.40 bits per heavy atom. The van der Waals surface area contributed by atoms with Gasteiger partial charge in [0.1, 0.15) is 17.9 Å². The van der Waals surface area contributed by atoms with Crippen LogP contribution in [0.25, 0.3) is 16.8 Å². The SMILES string of the molecule is O=C1NC(=O)N(c2ccccc2Cl)C(=O)/C1=C/c1ccccc1OCc1cccc2ccccc12. The second-order valence-corrected chi connectivity index (χ2v) is 8.28. The van der Waals surface area contributed by atoms with Crippen molar-refractivity contribution in [2.45, 2.75) is 6.61 Å². The Morgan fingerprint density at radius 2 is 1.54 bits per heavy atom. The van der Waals surface area contributed by atoms with E-state index in [2.05, 4.69) is 5.32 Å².